The zero-order valence-corrected chi connectivity index (χ0v) is 24.3. The van der Waals surface area contributed by atoms with E-state index in [1.54, 1.807) is 99.6 Å². The average Bonchev–Trinajstić information content (AvgIpc) is 3.47. The van der Waals surface area contributed by atoms with Crippen molar-refractivity contribution in [2.75, 3.05) is 0 Å². The van der Waals surface area contributed by atoms with Crippen molar-refractivity contribution in [2.24, 2.45) is 16.5 Å². The quantitative estimate of drug-likeness (QED) is 0.162. The maximum Gasteiger partial charge on any atom is 0.287 e. The number of amides is 2. The standard InChI is InChI=1S/C31H33N5O5S/c1-31(2,3)36-42(39,40)27-12-5-4-10-24(27)21-13-15-23(16-14-21)34-28(32)22-9-6-8-20(18-22)19-25(29(33)37)35-30(38)26-11-7-17-41-26/h4-18,25,36H,19H2,1-3H3,(H2,32,34)(H2,33,37)(H,35,38). The molecule has 1 aromatic heterocycles. The van der Waals surface area contributed by atoms with Crippen molar-refractivity contribution in [3.8, 4) is 11.1 Å². The molecule has 0 saturated carbocycles. The average molecular weight is 588 g/mol. The number of carbonyl (C=O) groups excluding carboxylic acids is 2. The van der Waals surface area contributed by atoms with E-state index in [0.717, 1.165) is 0 Å². The van der Waals surface area contributed by atoms with Gasteiger partial charge in [0.2, 0.25) is 15.9 Å². The highest BCUT2D eigenvalue weighted by molar-refractivity contribution is 7.89. The smallest absolute Gasteiger partial charge is 0.287 e. The second-order valence-corrected chi connectivity index (χ2v) is 12.4. The van der Waals surface area contributed by atoms with Gasteiger partial charge in [0.25, 0.3) is 5.91 Å². The van der Waals surface area contributed by atoms with Crippen molar-refractivity contribution in [1.82, 2.24) is 10.0 Å². The van der Waals surface area contributed by atoms with Gasteiger partial charge in [-0.3, -0.25) is 9.59 Å². The Morgan fingerprint density at radius 3 is 2.29 bits per heavy atom. The first-order chi connectivity index (χ1) is 19.8. The lowest BCUT2D eigenvalue weighted by Gasteiger charge is -2.21. The summed E-state index contributed by atoms with van der Waals surface area (Å²) >= 11 is 0. The fourth-order valence-electron chi connectivity index (χ4n) is 4.27. The van der Waals surface area contributed by atoms with Crippen LogP contribution in [-0.2, 0) is 21.2 Å². The summed E-state index contributed by atoms with van der Waals surface area (Å²) in [4.78, 5) is 29.1. The van der Waals surface area contributed by atoms with E-state index >= 15 is 0 Å². The molecular weight excluding hydrogens is 554 g/mol. The van der Waals surface area contributed by atoms with Crippen LogP contribution in [0, 0.1) is 0 Å². The van der Waals surface area contributed by atoms with Gasteiger partial charge in [-0.15, -0.1) is 0 Å². The summed E-state index contributed by atoms with van der Waals surface area (Å²) in [6.07, 6.45) is 1.51. The number of benzene rings is 3. The van der Waals surface area contributed by atoms with Crippen molar-refractivity contribution in [3.63, 3.8) is 0 Å². The molecule has 2 amide bonds. The summed E-state index contributed by atoms with van der Waals surface area (Å²) in [6.45, 7) is 5.36. The number of hydrogen-bond donors (Lipinski definition) is 4. The maximum atomic E-state index is 13.0. The Hall–Kier alpha value is -4.74. The van der Waals surface area contributed by atoms with Gasteiger partial charge in [0, 0.05) is 23.1 Å². The van der Waals surface area contributed by atoms with Crippen LogP contribution >= 0.6 is 0 Å². The number of carbonyl (C=O) groups is 2. The second kappa shape index (κ2) is 12.4. The first kappa shape index (κ1) is 30.2. The third-order valence-corrected chi connectivity index (χ3v) is 7.92. The Morgan fingerprint density at radius 1 is 0.929 bits per heavy atom. The van der Waals surface area contributed by atoms with E-state index in [2.05, 4.69) is 15.0 Å². The maximum absolute atomic E-state index is 13.0. The number of aliphatic imine (C=N–C) groups is 1. The van der Waals surface area contributed by atoms with Gasteiger partial charge < -0.3 is 21.2 Å². The minimum atomic E-state index is -3.75. The predicted molar refractivity (Wildman–Crippen MR) is 162 cm³/mol. The number of sulfonamides is 1. The van der Waals surface area contributed by atoms with E-state index in [1.807, 2.05) is 0 Å². The van der Waals surface area contributed by atoms with Crippen molar-refractivity contribution in [2.45, 2.75) is 43.7 Å². The lowest BCUT2D eigenvalue weighted by molar-refractivity contribution is -0.119. The molecule has 6 N–H and O–H groups in total. The molecule has 1 atom stereocenters. The fraction of sp³-hybridized carbons (Fsp3) is 0.194. The highest BCUT2D eigenvalue weighted by Gasteiger charge is 2.25. The Labute approximate surface area is 244 Å². The minimum absolute atomic E-state index is 0.0732. The van der Waals surface area contributed by atoms with Gasteiger partial charge in [0.15, 0.2) is 5.76 Å². The fourth-order valence-corrected chi connectivity index (χ4v) is 5.92. The van der Waals surface area contributed by atoms with E-state index in [9.17, 15) is 18.0 Å². The molecule has 0 aliphatic carbocycles. The van der Waals surface area contributed by atoms with Crippen LogP contribution in [0.25, 0.3) is 11.1 Å². The van der Waals surface area contributed by atoms with Crippen LogP contribution in [0.4, 0.5) is 5.69 Å². The number of rotatable bonds is 10. The van der Waals surface area contributed by atoms with Crippen LogP contribution in [-0.4, -0.2) is 37.6 Å². The van der Waals surface area contributed by atoms with E-state index in [-0.39, 0.29) is 22.9 Å². The number of nitrogens with two attached hydrogens (primary N) is 2. The third kappa shape index (κ3) is 7.71. The highest BCUT2D eigenvalue weighted by Crippen LogP contribution is 2.29. The number of amidine groups is 1. The molecule has 42 heavy (non-hydrogen) atoms. The molecule has 3 aromatic carbocycles. The molecular formula is C31H33N5O5S. The Bertz CT molecular complexity index is 1710. The Kier molecular flexibility index (Phi) is 8.93. The van der Waals surface area contributed by atoms with Crippen molar-refractivity contribution >= 4 is 33.4 Å². The Morgan fingerprint density at radius 2 is 1.64 bits per heavy atom. The van der Waals surface area contributed by atoms with Crippen LogP contribution in [0.5, 0.6) is 0 Å². The summed E-state index contributed by atoms with van der Waals surface area (Å²) in [5.74, 6) is -0.929. The summed E-state index contributed by atoms with van der Waals surface area (Å²) in [5.41, 5.74) is 14.4. The first-order valence-electron chi connectivity index (χ1n) is 13.1. The predicted octanol–water partition coefficient (Wildman–Crippen LogP) is 3.89. The van der Waals surface area contributed by atoms with Gasteiger partial charge in [-0.05, 0) is 68.3 Å². The number of primary amides is 1. The number of hydrogen-bond acceptors (Lipinski definition) is 6. The lowest BCUT2D eigenvalue weighted by Crippen LogP contribution is -2.45. The van der Waals surface area contributed by atoms with Gasteiger partial charge in [0.05, 0.1) is 16.8 Å². The first-order valence-corrected chi connectivity index (χ1v) is 14.6. The Balaban J connectivity index is 1.52. The van der Waals surface area contributed by atoms with Crippen molar-refractivity contribution in [1.29, 1.82) is 0 Å². The molecule has 218 valence electrons. The molecule has 0 aliphatic heterocycles. The minimum Gasteiger partial charge on any atom is -0.459 e. The van der Waals surface area contributed by atoms with Crippen LogP contribution in [0.3, 0.4) is 0 Å². The topological polar surface area (TPSA) is 170 Å². The molecule has 0 bridgehead atoms. The highest BCUT2D eigenvalue weighted by atomic mass is 32.2. The van der Waals surface area contributed by atoms with Gasteiger partial charge in [-0.2, -0.15) is 0 Å². The zero-order chi connectivity index (χ0) is 30.5. The van der Waals surface area contributed by atoms with E-state index < -0.39 is 33.4 Å². The summed E-state index contributed by atoms with van der Waals surface area (Å²) in [7, 11) is -3.75. The zero-order valence-electron chi connectivity index (χ0n) is 23.5. The second-order valence-electron chi connectivity index (χ2n) is 10.7. The van der Waals surface area contributed by atoms with Crippen LogP contribution in [0.15, 0.2) is 105 Å². The van der Waals surface area contributed by atoms with E-state index in [4.69, 9.17) is 15.9 Å². The molecule has 0 aliphatic rings. The summed E-state index contributed by atoms with van der Waals surface area (Å²) < 4.78 is 33.9. The molecule has 1 heterocycles. The largest absolute Gasteiger partial charge is 0.459 e. The molecule has 11 heteroatoms. The number of nitrogens with one attached hydrogen (secondary N) is 2. The summed E-state index contributed by atoms with van der Waals surface area (Å²) in [6, 6.07) is 23.1. The normalized spacial score (nSPS) is 13.0. The van der Waals surface area contributed by atoms with Crippen molar-refractivity contribution < 1.29 is 22.4 Å². The summed E-state index contributed by atoms with van der Waals surface area (Å²) in [5, 5.41) is 2.59. The van der Waals surface area contributed by atoms with Crippen LogP contribution < -0.4 is 21.5 Å². The molecule has 10 nitrogen and oxygen atoms in total. The van der Waals surface area contributed by atoms with Gasteiger partial charge in [-0.1, -0.05) is 48.5 Å². The van der Waals surface area contributed by atoms with Gasteiger partial charge >= 0.3 is 0 Å². The molecule has 4 rings (SSSR count). The number of furan rings is 1. The van der Waals surface area contributed by atoms with E-state index in [0.29, 0.717) is 27.9 Å². The molecule has 0 fully saturated rings. The monoisotopic (exact) mass is 587 g/mol. The molecule has 4 aromatic rings. The molecule has 0 saturated heterocycles. The van der Waals surface area contributed by atoms with E-state index in [1.165, 1.54) is 12.3 Å². The van der Waals surface area contributed by atoms with Crippen LogP contribution in [0.1, 0.15) is 42.5 Å². The lowest BCUT2D eigenvalue weighted by atomic mass is 10.0. The molecule has 0 spiro atoms. The number of nitrogens with zero attached hydrogens (tertiary/aromatic N) is 1. The van der Waals surface area contributed by atoms with Gasteiger partial charge in [-0.25, -0.2) is 18.1 Å². The van der Waals surface area contributed by atoms with Gasteiger partial charge in [0.1, 0.15) is 11.9 Å². The molecule has 0 radical (unpaired) electrons. The molecule has 1 unspecified atom stereocenters. The van der Waals surface area contributed by atoms with Crippen molar-refractivity contribution in [3.05, 3.63) is 108 Å². The third-order valence-electron chi connectivity index (χ3n) is 6.10. The SMILES string of the molecule is CC(C)(C)NS(=O)(=O)c1ccccc1-c1ccc(N=C(N)c2cccc(CC(NC(=O)c3ccco3)C(N)=O)c2)cc1. The van der Waals surface area contributed by atoms with Crippen LogP contribution in [0.2, 0.25) is 0 Å².